The smallest absolute Gasteiger partial charge is 0.150 e. The van der Waals surface area contributed by atoms with Gasteiger partial charge in [-0.15, -0.1) is 0 Å². The van der Waals surface area contributed by atoms with Crippen molar-refractivity contribution >= 4 is 6.29 Å². The largest absolute Gasteiger partial charge is 0.298 e. The SMILES string of the molecule is CCCc1ccccc1CCCC(C)c1cccc(C=O)c1Cc1ccccc1. The van der Waals surface area contributed by atoms with Crippen LogP contribution < -0.4 is 0 Å². The minimum atomic E-state index is 0.437. The summed E-state index contributed by atoms with van der Waals surface area (Å²) in [5.74, 6) is 0.437. The van der Waals surface area contributed by atoms with Crippen LogP contribution in [0.1, 0.15) is 77.2 Å². The lowest BCUT2D eigenvalue weighted by atomic mass is 9.86. The highest BCUT2D eigenvalue weighted by atomic mass is 16.1. The van der Waals surface area contributed by atoms with E-state index in [1.165, 1.54) is 34.2 Å². The molecule has 0 heterocycles. The lowest BCUT2D eigenvalue weighted by Gasteiger charge is -2.19. The zero-order valence-electron chi connectivity index (χ0n) is 17.7. The van der Waals surface area contributed by atoms with Crippen LogP contribution in [-0.4, -0.2) is 6.29 Å². The average molecular weight is 385 g/mol. The van der Waals surface area contributed by atoms with Crippen LogP contribution in [-0.2, 0) is 19.3 Å². The van der Waals surface area contributed by atoms with Gasteiger partial charge < -0.3 is 0 Å². The maximum absolute atomic E-state index is 11.7. The summed E-state index contributed by atoms with van der Waals surface area (Å²) in [5, 5.41) is 0. The standard InChI is InChI=1S/C28H32O/c1-3-11-24-15-7-8-16-25(24)17-9-12-22(2)27-19-10-18-26(21-29)28(27)20-23-13-5-4-6-14-23/h4-8,10,13-16,18-19,21-22H,3,9,11-12,17,20H2,1-2H3. The number of aryl methyl sites for hydroxylation is 2. The van der Waals surface area contributed by atoms with Gasteiger partial charge in [-0.3, -0.25) is 4.79 Å². The van der Waals surface area contributed by atoms with Crippen molar-refractivity contribution < 1.29 is 4.79 Å². The summed E-state index contributed by atoms with van der Waals surface area (Å²) in [6.07, 6.45) is 7.60. The highest BCUT2D eigenvalue weighted by molar-refractivity contribution is 5.78. The first-order valence-corrected chi connectivity index (χ1v) is 10.9. The number of carbonyl (C=O) groups is 1. The number of hydrogen-bond donors (Lipinski definition) is 0. The van der Waals surface area contributed by atoms with Gasteiger partial charge in [0.15, 0.2) is 0 Å². The van der Waals surface area contributed by atoms with Crippen LogP contribution in [0, 0.1) is 0 Å². The molecule has 0 amide bonds. The van der Waals surface area contributed by atoms with Crippen molar-refractivity contribution in [1.29, 1.82) is 0 Å². The molecule has 0 aliphatic rings. The Morgan fingerprint density at radius 2 is 1.52 bits per heavy atom. The summed E-state index contributed by atoms with van der Waals surface area (Å²) in [4.78, 5) is 11.7. The first-order chi connectivity index (χ1) is 14.2. The molecule has 0 aromatic heterocycles. The highest BCUT2D eigenvalue weighted by Crippen LogP contribution is 2.29. The Labute approximate surface area is 175 Å². The third-order valence-corrected chi connectivity index (χ3v) is 5.85. The third kappa shape index (κ3) is 5.67. The van der Waals surface area contributed by atoms with Gasteiger partial charge in [-0.2, -0.15) is 0 Å². The molecule has 0 spiro atoms. The fourth-order valence-electron chi connectivity index (χ4n) is 4.27. The summed E-state index contributed by atoms with van der Waals surface area (Å²) in [6.45, 7) is 4.55. The van der Waals surface area contributed by atoms with Gasteiger partial charge in [0, 0.05) is 5.56 Å². The zero-order chi connectivity index (χ0) is 20.5. The topological polar surface area (TPSA) is 17.1 Å². The van der Waals surface area contributed by atoms with Crippen molar-refractivity contribution in [2.45, 2.75) is 58.3 Å². The Bertz CT molecular complexity index is 911. The van der Waals surface area contributed by atoms with Crippen LogP contribution >= 0.6 is 0 Å². The predicted molar refractivity (Wildman–Crippen MR) is 123 cm³/mol. The van der Waals surface area contributed by atoms with E-state index in [-0.39, 0.29) is 0 Å². The molecule has 1 atom stereocenters. The van der Waals surface area contributed by atoms with Crippen LogP contribution in [0.15, 0.2) is 72.8 Å². The molecular formula is C28H32O. The minimum absolute atomic E-state index is 0.437. The van der Waals surface area contributed by atoms with E-state index < -0.39 is 0 Å². The Balaban J connectivity index is 1.72. The second-order valence-electron chi connectivity index (χ2n) is 8.01. The van der Waals surface area contributed by atoms with Gasteiger partial charge in [0.1, 0.15) is 6.29 Å². The van der Waals surface area contributed by atoms with Crippen molar-refractivity contribution in [2.75, 3.05) is 0 Å². The van der Waals surface area contributed by atoms with E-state index in [1.54, 1.807) is 0 Å². The Morgan fingerprint density at radius 3 is 2.21 bits per heavy atom. The molecule has 0 N–H and O–H groups in total. The van der Waals surface area contributed by atoms with Gasteiger partial charge >= 0.3 is 0 Å². The Kier molecular flexibility index (Phi) is 7.81. The summed E-state index contributed by atoms with van der Waals surface area (Å²) in [6, 6.07) is 25.5. The van der Waals surface area contributed by atoms with Crippen molar-refractivity contribution in [1.82, 2.24) is 0 Å². The van der Waals surface area contributed by atoms with Crippen molar-refractivity contribution in [3.8, 4) is 0 Å². The Hall–Kier alpha value is -2.67. The molecule has 3 aromatic rings. The second kappa shape index (κ2) is 10.8. The molecule has 0 aliphatic heterocycles. The van der Waals surface area contributed by atoms with E-state index in [2.05, 4.69) is 68.4 Å². The normalized spacial score (nSPS) is 11.9. The fourth-order valence-corrected chi connectivity index (χ4v) is 4.27. The van der Waals surface area contributed by atoms with Crippen LogP contribution in [0.4, 0.5) is 0 Å². The van der Waals surface area contributed by atoms with E-state index in [1.807, 2.05) is 18.2 Å². The molecule has 29 heavy (non-hydrogen) atoms. The minimum Gasteiger partial charge on any atom is -0.298 e. The van der Waals surface area contributed by atoms with Gasteiger partial charge in [-0.05, 0) is 65.8 Å². The molecule has 3 aromatic carbocycles. The Morgan fingerprint density at radius 1 is 0.828 bits per heavy atom. The van der Waals surface area contributed by atoms with Crippen LogP contribution in [0.3, 0.4) is 0 Å². The molecular weight excluding hydrogens is 352 g/mol. The number of rotatable bonds is 10. The maximum atomic E-state index is 11.7. The van der Waals surface area contributed by atoms with Crippen molar-refractivity contribution in [3.63, 3.8) is 0 Å². The van der Waals surface area contributed by atoms with Gasteiger partial charge in [0.05, 0.1) is 0 Å². The first-order valence-electron chi connectivity index (χ1n) is 10.9. The van der Waals surface area contributed by atoms with Gasteiger partial charge in [0.2, 0.25) is 0 Å². The molecule has 0 radical (unpaired) electrons. The second-order valence-corrected chi connectivity index (χ2v) is 8.01. The molecule has 0 aliphatic carbocycles. The van der Waals surface area contributed by atoms with E-state index in [0.717, 1.165) is 44.0 Å². The van der Waals surface area contributed by atoms with Crippen molar-refractivity contribution in [2.24, 2.45) is 0 Å². The molecule has 1 nitrogen and oxygen atoms in total. The molecule has 1 heteroatoms. The van der Waals surface area contributed by atoms with Crippen molar-refractivity contribution in [3.05, 3.63) is 106 Å². The van der Waals surface area contributed by atoms with Crippen LogP contribution in [0.2, 0.25) is 0 Å². The predicted octanol–water partition coefficient (Wildman–Crippen LogP) is 7.17. The molecule has 1 unspecified atom stereocenters. The summed E-state index contributed by atoms with van der Waals surface area (Å²) >= 11 is 0. The number of carbonyl (C=O) groups excluding carboxylic acids is 1. The van der Waals surface area contributed by atoms with Gasteiger partial charge in [-0.1, -0.05) is 93.1 Å². The fraction of sp³-hybridized carbons (Fsp3) is 0.321. The lowest BCUT2D eigenvalue weighted by molar-refractivity contribution is 0.112. The molecule has 3 rings (SSSR count). The van der Waals surface area contributed by atoms with Crippen LogP contribution in [0.25, 0.3) is 0 Å². The molecule has 0 fully saturated rings. The molecule has 0 saturated carbocycles. The molecule has 0 saturated heterocycles. The molecule has 150 valence electrons. The summed E-state index contributed by atoms with van der Waals surface area (Å²) in [7, 11) is 0. The number of hydrogen-bond acceptors (Lipinski definition) is 1. The van der Waals surface area contributed by atoms with E-state index >= 15 is 0 Å². The van der Waals surface area contributed by atoms with Gasteiger partial charge in [-0.25, -0.2) is 0 Å². The molecule has 0 bridgehead atoms. The summed E-state index contributed by atoms with van der Waals surface area (Å²) in [5.41, 5.74) is 7.58. The quantitative estimate of drug-likeness (QED) is 0.339. The monoisotopic (exact) mass is 384 g/mol. The van der Waals surface area contributed by atoms with Crippen LogP contribution in [0.5, 0.6) is 0 Å². The summed E-state index contributed by atoms with van der Waals surface area (Å²) < 4.78 is 0. The number of benzene rings is 3. The van der Waals surface area contributed by atoms with E-state index in [0.29, 0.717) is 5.92 Å². The number of aldehydes is 1. The maximum Gasteiger partial charge on any atom is 0.150 e. The highest BCUT2D eigenvalue weighted by Gasteiger charge is 2.15. The zero-order valence-corrected chi connectivity index (χ0v) is 17.7. The van der Waals surface area contributed by atoms with E-state index in [9.17, 15) is 4.79 Å². The first kappa shape index (κ1) is 21.0. The lowest BCUT2D eigenvalue weighted by Crippen LogP contribution is -2.05. The average Bonchev–Trinajstić information content (AvgIpc) is 2.76. The third-order valence-electron chi connectivity index (χ3n) is 5.85. The van der Waals surface area contributed by atoms with Gasteiger partial charge in [0.25, 0.3) is 0 Å². The van der Waals surface area contributed by atoms with E-state index in [4.69, 9.17) is 0 Å².